The lowest BCUT2D eigenvalue weighted by molar-refractivity contribution is -0.158. The highest BCUT2D eigenvalue weighted by atomic mass is 19.4. The van der Waals surface area contributed by atoms with Crippen LogP contribution < -0.4 is 4.90 Å². The van der Waals surface area contributed by atoms with Crippen LogP contribution in [0.5, 0.6) is 0 Å². The van der Waals surface area contributed by atoms with E-state index in [0.717, 1.165) is 22.6 Å². The molecule has 3 aliphatic heterocycles. The number of nitriles is 1. The van der Waals surface area contributed by atoms with E-state index < -0.39 is 64.0 Å². The van der Waals surface area contributed by atoms with Gasteiger partial charge < -0.3 is 9.47 Å². The minimum Gasteiger partial charge on any atom is -0.461 e. The van der Waals surface area contributed by atoms with Crippen LogP contribution in [-0.4, -0.2) is 29.0 Å². The number of hydrogen-bond donors (Lipinski definition) is 0. The van der Waals surface area contributed by atoms with Crippen LogP contribution >= 0.6 is 0 Å². The maximum atomic E-state index is 13.5. The van der Waals surface area contributed by atoms with Gasteiger partial charge in [-0.3, -0.25) is 14.4 Å². The van der Waals surface area contributed by atoms with Crippen LogP contribution in [0.1, 0.15) is 37.0 Å². The molecule has 2 bridgehead atoms. The van der Waals surface area contributed by atoms with Gasteiger partial charge in [-0.15, -0.1) is 0 Å². The smallest absolute Gasteiger partial charge is 0.417 e. The molecule has 186 valence electrons. The molecule has 3 aliphatic rings. The van der Waals surface area contributed by atoms with Gasteiger partial charge in [0.2, 0.25) is 11.8 Å². The Morgan fingerprint density at radius 2 is 1.81 bits per heavy atom. The SMILES string of the molecule is C[C@]12O[C@](C)(C[C@H]1C(=O)OCc1ccccc1)[C@H]1C(=O)N(c3ccc(C#N)c(C(F)(F)F)c3)C(=O)[C@H]12. The molecule has 5 atom stereocenters. The number of alkyl halides is 3. The highest BCUT2D eigenvalue weighted by Gasteiger charge is 2.77. The first-order chi connectivity index (χ1) is 16.9. The van der Waals surface area contributed by atoms with Crippen molar-refractivity contribution in [3.8, 4) is 6.07 Å². The van der Waals surface area contributed by atoms with Crippen molar-refractivity contribution in [3.63, 3.8) is 0 Å². The fourth-order valence-corrected chi connectivity index (χ4v) is 5.96. The molecule has 36 heavy (non-hydrogen) atoms. The van der Waals surface area contributed by atoms with Crippen molar-refractivity contribution >= 4 is 23.5 Å². The number of esters is 1. The number of carbonyl (C=O) groups excluding carboxylic acids is 3. The number of rotatable bonds is 4. The third-order valence-electron chi connectivity index (χ3n) is 7.53. The number of carbonyl (C=O) groups is 3. The highest BCUT2D eigenvalue weighted by Crippen LogP contribution is 2.63. The van der Waals surface area contributed by atoms with Gasteiger partial charge in [-0.2, -0.15) is 18.4 Å². The quantitative estimate of drug-likeness (QED) is 0.467. The lowest BCUT2D eigenvalue weighted by atomic mass is 9.64. The first-order valence-corrected chi connectivity index (χ1v) is 11.3. The van der Waals surface area contributed by atoms with E-state index >= 15 is 0 Å². The number of ether oxygens (including phenoxy) is 2. The number of halogens is 3. The summed E-state index contributed by atoms with van der Waals surface area (Å²) in [5.41, 5.74) is -3.89. The van der Waals surface area contributed by atoms with E-state index in [0.29, 0.717) is 6.07 Å². The lowest BCUT2D eigenvalue weighted by Gasteiger charge is -2.33. The zero-order chi connectivity index (χ0) is 26.0. The molecule has 3 fully saturated rings. The molecular weight excluding hydrogens is 477 g/mol. The number of imide groups is 1. The van der Waals surface area contributed by atoms with Crippen molar-refractivity contribution in [1.29, 1.82) is 5.26 Å². The summed E-state index contributed by atoms with van der Waals surface area (Å²) in [6.07, 6.45) is -4.72. The van der Waals surface area contributed by atoms with Crippen molar-refractivity contribution in [2.75, 3.05) is 4.90 Å². The predicted molar refractivity (Wildman–Crippen MR) is 118 cm³/mol. The van der Waals surface area contributed by atoms with E-state index in [2.05, 4.69) is 0 Å². The maximum Gasteiger partial charge on any atom is 0.417 e. The molecular formula is C26H21F3N2O5. The molecule has 2 aromatic carbocycles. The van der Waals surface area contributed by atoms with Gasteiger partial charge in [-0.1, -0.05) is 30.3 Å². The molecule has 10 heteroatoms. The molecule has 5 rings (SSSR count). The summed E-state index contributed by atoms with van der Waals surface area (Å²) < 4.78 is 52.2. The molecule has 0 aliphatic carbocycles. The summed E-state index contributed by atoms with van der Waals surface area (Å²) in [5.74, 6) is -4.86. The van der Waals surface area contributed by atoms with Crippen LogP contribution in [0.2, 0.25) is 0 Å². The molecule has 0 N–H and O–H groups in total. The Bertz CT molecular complexity index is 1320. The van der Waals surface area contributed by atoms with Crippen molar-refractivity contribution in [3.05, 3.63) is 65.2 Å². The number of fused-ring (bicyclic) bond motifs is 5. The third-order valence-corrected chi connectivity index (χ3v) is 7.53. The van der Waals surface area contributed by atoms with Gasteiger partial charge in [0.25, 0.3) is 0 Å². The second-order valence-electron chi connectivity index (χ2n) is 9.76. The molecule has 2 aromatic rings. The Hall–Kier alpha value is -3.71. The van der Waals surface area contributed by atoms with Crippen LogP contribution in [0, 0.1) is 29.1 Å². The first kappa shape index (κ1) is 24.0. The monoisotopic (exact) mass is 498 g/mol. The van der Waals surface area contributed by atoms with Crippen LogP contribution in [0.25, 0.3) is 0 Å². The summed E-state index contributed by atoms with van der Waals surface area (Å²) >= 11 is 0. The second-order valence-corrected chi connectivity index (χ2v) is 9.76. The molecule has 0 saturated carbocycles. The van der Waals surface area contributed by atoms with Gasteiger partial charge in [0.05, 0.1) is 51.8 Å². The third kappa shape index (κ3) is 3.41. The van der Waals surface area contributed by atoms with Crippen molar-refractivity contribution in [1.82, 2.24) is 0 Å². The summed E-state index contributed by atoms with van der Waals surface area (Å²) in [5, 5.41) is 9.06. The van der Waals surface area contributed by atoms with Gasteiger partial charge in [-0.05, 0) is 44.0 Å². The largest absolute Gasteiger partial charge is 0.461 e. The number of anilines is 1. The Kier molecular flexibility index (Phi) is 5.27. The molecule has 2 amide bonds. The first-order valence-electron chi connectivity index (χ1n) is 11.3. The molecule has 0 aromatic heterocycles. The molecule has 0 radical (unpaired) electrons. The van der Waals surface area contributed by atoms with Gasteiger partial charge in [-0.25, -0.2) is 4.90 Å². The molecule has 0 unspecified atom stereocenters. The van der Waals surface area contributed by atoms with Gasteiger partial charge >= 0.3 is 12.1 Å². The van der Waals surface area contributed by atoms with Crippen LogP contribution in [0.3, 0.4) is 0 Å². The second kappa shape index (κ2) is 7.90. The molecule has 7 nitrogen and oxygen atoms in total. The van der Waals surface area contributed by atoms with Crippen molar-refractivity contribution in [2.24, 2.45) is 17.8 Å². The molecule has 3 heterocycles. The minimum atomic E-state index is -4.85. The maximum absolute atomic E-state index is 13.5. The van der Waals surface area contributed by atoms with Gasteiger partial charge in [0, 0.05) is 0 Å². The average Bonchev–Trinajstić information content (AvgIpc) is 3.37. The van der Waals surface area contributed by atoms with E-state index in [1.165, 1.54) is 6.07 Å². The topological polar surface area (TPSA) is 96.7 Å². The number of hydrogen-bond acceptors (Lipinski definition) is 6. The standard InChI is InChI=1S/C26H21F3N2O5/c1-24-11-18(23(34)35-13-14-6-4-3-5-7-14)25(2,36-24)20-19(24)21(32)31(22(20)33)16-9-8-15(12-30)17(10-16)26(27,28)29/h3-10,18-20H,11,13H2,1-2H3/t18-,19+,20-,24+,25-/m0/s1. The van der Waals surface area contributed by atoms with E-state index in [4.69, 9.17) is 14.7 Å². The minimum absolute atomic E-state index is 0.0293. The number of benzene rings is 2. The number of amides is 2. The van der Waals surface area contributed by atoms with Gasteiger partial charge in [0.15, 0.2) is 0 Å². The summed E-state index contributed by atoms with van der Waals surface area (Å²) in [6, 6.07) is 13.2. The van der Waals surface area contributed by atoms with Crippen molar-refractivity contribution in [2.45, 2.75) is 44.3 Å². The van der Waals surface area contributed by atoms with E-state index in [1.807, 2.05) is 18.2 Å². The van der Waals surface area contributed by atoms with E-state index in [9.17, 15) is 27.6 Å². The predicted octanol–water partition coefficient (Wildman–Crippen LogP) is 3.99. The summed E-state index contributed by atoms with van der Waals surface area (Å²) in [4.78, 5) is 40.7. The molecule has 0 spiro atoms. The lowest BCUT2D eigenvalue weighted by Crippen LogP contribution is -2.49. The van der Waals surface area contributed by atoms with Crippen LogP contribution in [0.15, 0.2) is 48.5 Å². The Balaban J connectivity index is 1.45. The molecule has 3 saturated heterocycles. The normalized spacial score (nSPS) is 30.9. The van der Waals surface area contributed by atoms with E-state index in [1.54, 1.807) is 26.0 Å². The average molecular weight is 498 g/mol. The number of nitrogens with zero attached hydrogens (tertiary/aromatic N) is 2. The van der Waals surface area contributed by atoms with Crippen LogP contribution in [-0.2, 0) is 36.6 Å². The van der Waals surface area contributed by atoms with Crippen molar-refractivity contribution < 1.29 is 37.0 Å². The summed E-state index contributed by atoms with van der Waals surface area (Å²) in [6.45, 7) is 3.24. The van der Waals surface area contributed by atoms with Gasteiger partial charge in [0.1, 0.15) is 6.61 Å². The Morgan fingerprint density at radius 3 is 2.44 bits per heavy atom. The fraction of sp³-hybridized carbons (Fsp3) is 0.385. The highest BCUT2D eigenvalue weighted by molar-refractivity contribution is 6.23. The zero-order valence-corrected chi connectivity index (χ0v) is 19.3. The Labute approximate surface area is 204 Å². The zero-order valence-electron chi connectivity index (χ0n) is 19.3. The summed E-state index contributed by atoms with van der Waals surface area (Å²) in [7, 11) is 0. The fourth-order valence-electron chi connectivity index (χ4n) is 5.96. The van der Waals surface area contributed by atoms with Crippen LogP contribution in [0.4, 0.5) is 18.9 Å². The van der Waals surface area contributed by atoms with E-state index in [-0.39, 0.29) is 18.7 Å². The Morgan fingerprint density at radius 1 is 1.14 bits per heavy atom.